The standard InChI is InChI=1S/C11H12O3S/c1-7-6-15(13,14)11-9(7)4-3-5-10(11)8(2)12/h3-6,8,12H,1-2H3. The van der Waals surface area contributed by atoms with Gasteiger partial charge in [-0.05, 0) is 30.5 Å². The average molecular weight is 224 g/mol. The lowest BCUT2D eigenvalue weighted by molar-refractivity contribution is 0.196. The van der Waals surface area contributed by atoms with Gasteiger partial charge in [0.25, 0.3) is 0 Å². The molecule has 0 fully saturated rings. The molecule has 0 aromatic heterocycles. The van der Waals surface area contributed by atoms with Crippen molar-refractivity contribution in [1.29, 1.82) is 0 Å². The Morgan fingerprint density at radius 2 is 2.00 bits per heavy atom. The number of aliphatic hydroxyl groups excluding tert-OH is 1. The summed E-state index contributed by atoms with van der Waals surface area (Å²) in [4.78, 5) is 0.262. The second-order valence-electron chi connectivity index (χ2n) is 3.75. The van der Waals surface area contributed by atoms with Crippen molar-refractivity contribution in [3.63, 3.8) is 0 Å². The Morgan fingerprint density at radius 1 is 1.33 bits per heavy atom. The van der Waals surface area contributed by atoms with Gasteiger partial charge in [-0.25, -0.2) is 8.42 Å². The van der Waals surface area contributed by atoms with Gasteiger partial charge in [-0.3, -0.25) is 0 Å². The number of benzene rings is 1. The lowest BCUT2D eigenvalue weighted by Gasteiger charge is -2.10. The Hall–Kier alpha value is -1.13. The lowest BCUT2D eigenvalue weighted by Crippen LogP contribution is -2.03. The summed E-state index contributed by atoms with van der Waals surface area (Å²) in [7, 11) is -3.35. The molecule has 15 heavy (non-hydrogen) atoms. The zero-order valence-electron chi connectivity index (χ0n) is 8.56. The molecule has 1 aromatic carbocycles. The third-order valence-electron chi connectivity index (χ3n) is 2.54. The first-order chi connectivity index (χ1) is 6.93. The molecule has 0 spiro atoms. The largest absolute Gasteiger partial charge is 0.389 e. The first-order valence-electron chi connectivity index (χ1n) is 4.68. The highest BCUT2D eigenvalue weighted by Crippen LogP contribution is 2.37. The number of sulfone groups is 1. The Morgan fingerprint density at radius 3 is 2.60 bits per heavy atom. The molecule has 80 valence electrons. The molecule has 0 radical (unpaired) electrons. The van der Waals surface area contributed by atoms with Crippen LogP contribution < -0.4 is 0 Å². The average Bonchev–Trinajstić information content (AvgIpc) is 2.37. The highest BCUT2D eigenvalue weighted by molar-refractivity contribution is 7.95. The van der Waals surface area contributed by atoms with Gasteiger partial charge in [0.05, 0.1) is 11.0 Å². The molecule has 1 aromatic rings. The highest BCUT2D eigenvalue weighted by Gasteiger charge is 2.28. The van der Waals surface area contributed by atoms with E-state index in [1.54, 1.807) is 32.0 Å². The molecule has 0 aliphatic carbocycles. The van der Waals surface area contributed by atoms with Crippen LogP contribution in [0.3, 0.4) is 0 Å². The van der Waals surface area contributed by atoms with Crippen molar-refractivity contribution in [2.45, 2.75) is 24.8 Å². The third kappa shape index (κ3) is 1.50. The highest BCUT2D eigenvalue weighted by atomic mass is 32.2. The number of hydrogen-bond donors (Lipinski definition) is 1. The van der Waals surface area contributed by atoms with Gasteiger partial charge in [0.1, 0.15) is 0 Å². The first kappa shape index (κ1) is 10.4. The maximum Gasteiger partial charge on any atom is 0.201 e. The van der Waals surface area contributed by atoms with Crippen LogP contribution in [0.4, 0.5) is 0 Å². The lowest BCUT2D eigenvalue weighted by atomic mass is 10.0. The minimum Gasteiger partial charge on any atom is -0.389 e. The summed E-state index contributed by atoms with van der Waals surface area (Å²) < 4.78 is 23.6. The van der Waals surface area contributed by atoms with E-state index in [2.05, 4.69) is 0 Å². The number of rotatable bonds is 1. The van der Waals surface area contributed by atoms with E-state index in [4.69, 9.17) is 0 Å². The van der Waals surface area contributed by atoms with Crippen LogP contribution in [0.1, 0.15) is 31.1 Å². The molecule has 2 rings (SSSR count). The van der Waals surface area contributed by atoms with Crippen LogP contribution in [0.2, 0.25) is 0 Å². The van der Waals surface area contributed by atoms with Crippen molar-refractivity contribution in [3.05, 3.63) is 34.7 Å². The SMILES string of the molecule is CC1=CS(=O)(=O)c2c1cccc2C(C)O. The quantitative estimate of drug-likeness (QED) is 0.792. The fourth-order valence-electron chi connectivity index (χ4n) is 1.87. The monoisotopic (exact) mass is 224 g/mol. The minimum atomic E-state index is -3.35. The van der Waals surface area contributed by atoms with Gasteiger partial charge in [0.2, 0.25) is 9.84 Å². The molecular weight excluding hydrogens is 212 g/mol. The molecule has 1 atom stereocenters. The maximum absolute atomic E-state index is 11.8. The Bertz CT molecular complexity index is 539. The molecule has 0 bridgehead atoms. The van der Waals surface area contributed by atoms with Crippen molar-refractivity contribution in [2.75, 3.05) is 0 Å². The third-order valence-corrected chi connectivity index (χ3v) is 4.23. The van der Waals surface area contributed by atoms with Crippen molar-refractivity contribution < 1.29 is 13.5 Å². The van der Waals surface area contributed by atoms with E-state index in [1.807, 2.05) is 0 Å². The van der Waals surface area contributed by atoms with E-state index in [0.717, 1.165) is 5.57 Å². The summed E-state index contributed by atoms with van der Waals surface area (Å²) in [6, 6.07) is 5.17. The molecule has 1 heterocycles. The normalized spacial score (nSPS) is 19.5. The van der Waals surface area contributed by atoms with E-state index in [9.17, 15) is 13.5 Å². The van der Waals surface area contributed by atoms with E-state index >= 15 is 0 Å². The zero-order valence-corrected chi connectivity index (χ0v) is 9.38. The summed E-state index contributed by atoms with van der Waals surface area (Å²) >= 11 is 0. The van der Waals surface area contributed by atoms with Crippen LogP contribution >= 0.6 is 0 Å². The van der Waals surface area contributed by atoms with Crippen LogP contribution in [0, 0.1) is 0 Å². The number of fused-ring (bicyclic) bond motifs is 1. The molecule has 0 saturated carbocycles. The summed E-state index contributed by atoms with van der Waals surface area (Å²) in [6.45, 7) is 3.33. The van der Waals surface area contributed by atoms with Crippen LogP contribution in [0.15, 0.2) is 28.5 Å². The van der Waals surface area contributed by atoms with Crippen molar-refractivity contribution in [2.24, 2.45) is 0 Å². The summed E-state index contributed by atoms with van der Waals surface area (Å²) in [5.41, 5.74) is 1.90. The summed E-state index contributed by atoms with van der Waals surface area (Å²) in [5, 5.41) is 10.8. The van der Waals surface area contributed by atoms with E-state index in [-0.39, 0.29) is 4.90 Å². The van der Waals surface area contributed by atoms with Gasteiger partial charge in [0.15, 0.2) is 0 Å². The van der Waals surface area contributed by atoms with Crippen LogP contribution in [-0.2, 0) is 9.84 Å². The van der Waals surface area contributed by atoms with E-state index in [1.165, 1.54) is 5.41 Å². The number of allylic oxidation sites excluding steroid dienone is 1. The van der Waals surface area contributed by atoms with Gasteiger partial charge in [-0.15, -0.1) is 0 Å². The fraction of sp³-hybridized carbons (Fsp3) is 0.273. The summed E-state index contributed by atoms with van der Waals surface area (Å²) in [5.74, 6) is 0. The summed E-state index contributed by atoms with van der Waals surface area (Å²) in [6.07, 6.45) is -0.769. The maximum atomic E-state index is 11.8. The smallest absolute Gasteiger partial charge is 0.201 e. The molecule has 1 N–H and O–H groups in total. The van der Waals surface area contributed by atoms with Crippen LogP contribution in [-0.4, -0.2) is 13.5 Å². The Kier molecular flexibility index (Phi) is 2.20. The molecule has 0 saturated heterocycles. The van der Waals surface area contributed by atoms with E-state index in [0.29, 0.717) is 11.1 Å². The molecule has 1 aliphatic heterocycles. The fourth-order valence-corrected chi connectivity index (χ4v) is 3.68. The van der Waals surface area contributed by atoms with Gasteiger partial charge < -0.3 is 5.11 Å². The number of hydrogen-bond acceptors (Lipinski definition) is 3. The predicted molar refractivity (Wildman–Crippen MR) is 57.9 cm³/mol. The molecule has 3 nitrogen and oxygen atoms in total. The molecule has 1 aliphatic rings. The van der Waals surface area contributed by atoms with Gasteiger partial charge in [-0.2, -0.15) is 0 Å². The number of aliphatic hydroxyl groups is 1. The second-order valence-corrected chi connectivity index (χ2v) is 5.48. The molecule has 0 amide bonds. The van der Waals surface area contributed by atoms with E-state index < -0.39 is 15.9 Å². The molecule has 4 heteroatoms. The van der Waals surface area contributed by atoms with Gasteiger partial charge in [-0.1, -0.05) is 18.2 Å². The molecular formula is C11H12O3S. The van der Waals surface area contributed by atoms with Crippen LogP contribution in [0.5, 0.6) is 0 Å². The van der Waals surface area contributed by atoms with Crippen molar-refractivity contribution >= 4 is 15.4 Å². The zero-order chi connectivity index (χ0) is 11.2. The second kappa shape index (κ2) is 3.18. The first-order valence-corrected chi connectivity index (χ1v) is 6.23. The van der Waals surface area contributed by atoms with Gasteiger partial charge in [0, 0.05) is 5.41 Å². The Labute approximate surface area is 89.0 Å². The van der Waals surface area contributed by atoms with Crippen molar-refractivity contribution in [1.82, 2.24) is 0 Å². The van der Waals surface area contributed by atoms with Gasteiger partial charge >= 0.3 is 0 Å². The Balaban J connectivity index is 2.82. The predicted octanol–water partition coefficient (Wildman–Crippen LogP) is 1.89. The minimum absolute atomic E-state index is 0.262. The molecule has 1 unspecified atom stereocenters. The van der Waals surface area contributed by atoms with Crippen molar-refractivity contribution in [3.8, 4) is 0 Å². The topological polar surface area (TPSA) is 54.4 Å². The van der Waals surface area contributed by atoms with Crippen LogP contribution in [0.25, 0.3) is 5.57 Å².